The summed E-state index contributed by atoms with van der Waals surface area (Å²) in [5.41, 5.74) is 14.0. The van der Waals surface area contributed by atoms with E-state index in [0.29, 0.717) is 13.0 Å². The third kappa shape index (κ3) is 27.9. The smallest absolute Gasteiger partial charge is 0.320 e. The lowest BCUT2D eigenvalue weighted by Gasteiger charge is -1.99. The summed E-state index contributed by atoms with van der Waals surface area (Å²) in [6.07, 6.45) is 3.42. The summed E-state index contributed by atoms with van der Waals surface area (Å²) in [6.45, 7) is 2.98. The van der Waals surface area contributed by atoms with Gasteiger partial charge in [0.15, 0.2) is 0 Å². The highest BCUT2D eigenvalue weighted by molar-refractivity contribution is 5.74. The van der Waals surface area contributed by atoms with Gasteiger partial charge < -0.3 is 68.9 Å². The van der Waals surface area contributed by atoms with E-state index in [2.05, 4.69) is 27.4 Å². The van der Waals surface area contributed by atoms with Crippen LogP contribution in [0.15, 0.2) is 0 Å². The van der Waals surface area contributed by atoms with E-state index < -0.39 is 54.0 Å². The zero-order valence-corrected chi connectivity index (χ0v) is 22.8. The van der Waals surface area contributed by atoms with Crippen LogP contribution < -0.4 is 33.2 Å². The zero-order chi connectivity index (χ0) is 32.5. The number of carboxylic acid groups (broad SMARTS) is 6. The topological polar surface area (TPSA) is 358 Å². The molecule has 19 heteroatoms. The third-order valence-electron chi connectivity index (χ3n) is 4.86. The molecule has 0 bridgehead atoms. The minimum Gasteiger partial charge on any atom is -0.480 e. The Morgan fingerprint density at radius 1 is 0.707 bits per heavy atom. The summed E-state index contributed by atoms with van der Waals surface area (Å²) < 4.78 is 0. The van der Waals surface area contributed by atoms with Crippen LogP contribution in [0, 0.1) is 0 Å². The van der Waals surface area contributed by atoms with Crippen molar-refractivity contribution in [3.8, 4) is 0 Å². The molecule has 16 N–H and O–H groups in total. The normalized spacial score (nSPS) is 22.5. The van der Waals surface area contributed by atoms with E-state index in [0.717, 1.165) is 38.8 Å². The Morgan fingerprint density at radius 2 is 1.02 bits per heavy atom. The van der Waals surface area contributed by atoms with E-state index in [9.17, 15) is 28.8 Å². The Kier molecular flexibility index (Phi) is 26.1. The average Bonchev–Trinajstić information content (AvgIpc) is 3.69. The van der Waals surface area contributed by atoms with Crippen LogP contribution in [0.5, 0.6) is 0 Å². The number of nitrogens with two attached hydrogens (primary N) is 3. The molecule has 3 aliphatic rings. The van der Waals surface area contributed by atoms with Gasteiger partial charge in [0.05, 0.1) is 19.2 Å². The first kappa shape index (κ1) is 42.0. The highest BCUT2D eigenvalue weighted by Gasteiger charge is 2.27. The largest absolute Gasteiger partial charge is 0.480 e. The molecule has 0 aromatic heterocycles. The van der Waals surface area contributed by atoms with E-state index in [-0.39, 0.29) is 25.2 Å². The Hall–Kier alpha value is -3.46. The van der Waals surface area contributed by atoms with Crippen LogP contribution in [0.2, 0.25) is 0 Å². The molecule has 0 radical (unpaired) electrons. The molecule has 3 fully saturated rings. The molecular formula is C22H44N6O13. The Morgan fingerprint density at radius 3 is 1.12 bits per heavy atom. The fraction of sp³-hybridized carbons (Fsp3) is 0.727. The molecule has 240 valence electrons. The summed E-state index contributed by atoms with van der Waals surface area (Å²) in [7, 11) is 0. The molecule has 5 atom stereocenters. The number of aliphatic hydroxyl groups is 1. The van der Waals surface area contributed by atoms with Gasteiger partial charge in [0.1, 0.15) is 24.2 Å². The molecule has 0 saturated carbocycles. The van der Waals surface area contributed by atoms with Gasteiger partial charge in [0.2, 0.25) is 0 Å². The van der Waals surface area contributed by atoms with E-state index in [4.69, 9.17) is 41.5 Å². The second-order valence-corrected chi connectivity index (χ2v) is 8.49. The Balaban J connectivity index is -0.000000430. The fourth-order valence-electron chi connectivity index (χ4n) is 2.70. The van der Waals surface area contributed by atoms with Crippen molar-refractivity contribution in [1.82, 2.24) is 16.0 Å². The van der Waals surface area contributed by atoms with Crippen LogP contribution in [0.25, 0.3) is 0 Å². The van der Waals surface area contributed by atoms with Crippen molar-refractivity contribution in [2.75, 3.05) is 32.7 Å². The van der Waals surface area contributed by atoms with Gasteiger partial charge in [-0.2, -0.15) is 0 Å². The molecule has 0 unspecified atom stereocenters. The predicted octanol–water partition coefficient (Wildman–Crippen LogP) is -4.08. The summed E-state index contributed by atoms with van der Waals surface area (Å²) in [5, 5.41) is 65.3. The molecule has 3 heterocycles. The van der Waals surface area contributed by atoms with Gasteiger partial charge in [0.25, 0.3) is 0 Å². The highest BCUT2D eigenvalue weighted by Crippen LogP contribution is 2.05. The number of aliphatic hydroxyl groups excluding tert-OH is 1. The number of rotatable bonds is 6. The van der Waals surface area contributed by atoms with E-state index in [1.54, 1.807) is 0 Å². The van der Waals surface area contributed by atoms with Gasteiger partial charge >= 0.3 is 35.8 Å². The fourth-order valence-corrected chi connectivity index (χ4v) is 2.70. The lowest BCUT2D eigenvalue weighted by Crippen LogP contribution is -2.29. The zero-order valence-electron chi connectivity index (χ0n) is 22.8. The van der Waals surface area contributed by atoms with Crippen molar-refractivity contribution in [2.45, 2.75) is 69.3 Å². The van der Waals surface area contributed by atoms with Gasteiger partial charge in [-0.1, -0.05) is 0 Å². The van der Waals surface area contributed by atoms with Crippen molar-refractivity contribution in [1.29, 1.82) is 0 Å². The number of β-amino-alcohol motifs (C(OH)–C–C–N with tert-alkyl or cyclic N) is 1. The maximum Gasteiger partial charge on any atom is 0.320 e. The molecule has 41 heavy (non-hydrogen) atoms. The van der Waals surface area contributed by atoms with Crippen molar-refractivity contribution in [3.63, 3.8) is 0 Å². The Bertz CT molecular complexity index is 748. The van der Waals surface area contributed by atoms with Crippen LogP contribution in [0.1, 0.15) is 39.0 Å². The lowest BCUT2D eigenvalue weighted by molar-refractivity contribution is -0.140. The molecule has 0 aliphatic carbocycles. The average molecular weight is 601 g/mol. The molecule has 0 amide bonds. The minimum absolute atomic E-state index is 0.269. The van der Waals surface area contributed by atoms with Crippen LogP contribution in [0.4, 0.5) is 0 Å². The monoisotopic (exact) mass is 600 g/mol. The number of carboxylic acids is 6. The van der Waals surface area contributed by atoms with Crippen molar-refractivity contribution >= 4 is 35.8 Å². The van der Waals surface area contributed by atoms with Gasteiger partial charge in [0, 0.05) is 13.0 Å². The molecule has 3 rings (SSSR count). The highest BCUT2D eigenvalue weighted by atomic mass is 16.4. The Labute approximate surface area is 236 Å². The summed E-state index contributed by atoms with van der Waals surface area (Å²) in [4.78, 5) is 58.5. The SMILES string of the molecule is C[C@H](N)C(=O)O.NCC(=O)O.NCC(=O)O.O=C(O)[C@@H]1CCCN1.O=C(O)[C@@H]1CCCN1.O=C(O)[C@@H]1C[C@@H](O)CN1. The van der Waals surface area contributed by atoms with Crippen LogP contribution in [0.3, 0.4) is 0 Å². The minimum atomic E-state index is -0.968. The number of hydrogen-bond donors (Lipinski definition) is 13. The molecule has 3 saturated heterocycles. The molecule has 0 aromatic rings. The van der Waals surface area contributed by atoms with Crippen LogP contribution in [-0.2, 0) is 28.8 Å². The molecule has 0 spiro atoms. The summed E-state index contributed by atoms with van der Waals surface area (Å²) in [6, 6.07) is -1.81. The first-order valence-corrected chi connectivity index (χ1v) is 12.4. The second-order valence-electron chi connectivity index (χ2n) is 8.49. The third-order valence-corrected chi connectivity index (χ3v) is 4.86. The van der Waals surface area contributed by atoms with Crippen molar-refractivity contribution < 1.29 is 64.5 Å². The van der Waals surface area contributed by atoms with Gasteiger partial charge in [-0.25, -0.2) is 0 Å². The van der Waals surface area contributed by atoms with Crippen molar-refractivity contribution in [2.24, 2.45) is 17.2 Å². The molecular weight excluding hydrogens is 556 g/mol. The first-order chi connectivity index (χ1) is 19.0. The number of carbonyl (C=O) groups is 6. The van der Waals surface area contributed by atoms with Crippen LogP contribution in [-0.4, -0.2) is 135 Å². The number of nitrogens with one attached hydrogen (secondary N) is 3. The first-order valence-electron chi connectivity index (χ1n) is 12.4. The molecule has 0 aromatic carbocycles. The lowest BCUT2D eigenvalue weighted by atomic mass is 10.2. The van der Waals surface area contributed by atoms with Crippen LogP contribution >= 0.6 is 0 Å². The number of aliphatic carboxylic acids is 6. The van der Waals surface area contributed by atoms with E-state index in [1.807, 2.05) is 0 Å². The summed E-state index contributed by atoms with van der Waals surface area (Å²) >= 11 is 0. The molecule has 19 nitrogen and oxygen atoms in total. The van der Waals surface area contributed by atoms with E-state index >= 15 is 0 Å². The molecule has 3 aliphatic heterocycles. The standard InChI is InChI=1S/C5H9NO3.2C5H9NO2.C3H7NO2.2C2H5NO2/c7-3-1-4(5(8)9)6-2-3;2*7-5(8)4-2-1-3-6-4;1-2(4)3(5)6;2*3-1-2(4)5/h3-4,6-7H,1-2H2,(H,8,9);2*4,6H,1-3H2,(H,7,8);2H,4H2,1H3,(H,5,6);2*1,3H2,(H,4,5)/t3-,4+;2*4-;2-;;/m1000../s1. The maximum atomic E-state index is 10.2. The van der Waals surface area contributed by atoms with Gasteiger partial charge in [-0.15, -0.1) is 0 Å². The predicted molar refractivity (Wildman–Crippen MR) is 142 cm³/mol. The van der Waals surface area contributed by atoms with Crippen molar-refractivity contribution in [3.05, 3.63) is 0 Å². The second kappa shape index (κ2) is 25.5. The number of hydrogen-bond acceptors (Lipinski definition) is 13. The van der Waals surface area contributed by atoms with E-state index in [1.165, 1.54) is 6.92 Å². The van der Waals surface area contributed by atoms with Gasteiger partial charge in [-0.3, -0.25) is 28.8 Å². The summed E-state index contributed by atoms with van der Waals surface area (Å²) in [5.74, 6) is -5.22. The van der Waals surface area contributed by atoms with Gasteiger partial charge in [-0.05, 0) is 45.7 Å². The quantitative estimate of drug-likeness (QED) is 0.138. The maximum absolute atomic E-state index is 10.2.